The molecule has 0 aliphatic carbocycles. The average molecular weight is 152 g/mol. The van der Waals surface area contributed by atoms with Gasteiger partial charge >= 0.3 is 0 Å². The molecule has 0 fully saturated rings. The van der Waals surface area contributed by atoms with E-state index in [4.69, 9.17) is 0 Å². The Labute approximate surface area is 68.4 Å². The second-order valence-corrected chi connectivity index (χ2v) is 2.72. The van der Waals surface area contributed by atoms with E-state index in [0.29, 0.717) is 6.17 Å². The highest BCUT2D eigenvalue weighted by Gasteiger charge is 2.03. The SMILES string of the molecule is CCC/C=C/CC1NC=CN1. The van der Waals surface area contributed by atoms with Crippen LogP contribution in [0.1, 0.15) is 26.2 Å². The van der Waals surface area contributed by atoms with Crippen molar-refractivity contribution in [3.05, 3.63) is 24.6 Å². The summed E-state index contributed by atoms with van der Waals surface area (Å²) < 4.78 is 0. The molecule has 0 amide bonds. The van der Waals surface area contributed by atoms with Crippen LogP contribution in [0.4, 0.5) is 0 Å². The predicted octanol–water partition coefficient (Wildman–Crippen LogP) is 1.72. The summed E-state index contributed by atoms with van der Waals surface area (Å²) in [6.07, 6.45) is 12.3. The zero-order valence-corrected chi connectivity index (χ0v) is 7.01. The Morgan fingerprint density at radius 3 is 2.64 bits per heavy atom. The highest BCUT2D eigenvalue weighted by Crippen LogP contribution is 1.96. The zero-order valence-electron chi connectivity index (χ0n) is 7.01. The molecule has 1 rings (SSSR count). The lowest BCUT2D eigenvalue weighted by Gasteiger charge is -2.07. The predicted molar refractivity (Wildman–Crippen MR) is 47.9 cm³/mol. The molecule has 1 aliphatic heterocycles. The maximum Gasteiger partial charge on any atom is 0.0991 e. The van der Waals surface area contributed by atoms with Crippen LogP contribution in [0.3, 0.4) is 0 Å². The first-order valence-corrected chi connectivity index (χ1v) is 4.25. The van der Waals surface area contributed by atoms with Gasteiger partial charge in [-0.05, 0) is 6.42 Å². The van der Waals surface area contributed by atoms with Crippen LogP contribution in [0.25, 0.3) is 0 Å². The first-order chi connectivity index (χ1) is 5.43. The minimum Gasteiger partial charge on any atom is -0.370 e. The average Bonchev–Trinajstić information content (AvgIpc) is 2.50. The van der Waals surface area contributed by atoms with E-state index in [1.54, 1.807) is 0 Å². The van der Waals surface area contributed by atoms with Crippen LogP contribution in [0, 0.1) is 0 Å². The minimum atomic E-state index is 0.420. The molecule has 1 heterocycles. The van der Waals surface area contributed by atoms with Crippen molar-refractivity contribution in [2.24, 2.45) is 0 Å². The molecule has 2 heteroatoms. The van der Waals surface area contributed by atoms with Crippen molar-refractivity contribution in [3.8, 4) is 0 Å². The van der Waals surface area contributed by atoms with Gasteiger partial charge in [0.1, 0.15) is 0 Å². The fraction of sp³-hybridized carbons (Fsp3) is 0.556. The van der Waals surface area contributed by atoms with Gasteiger partial charge < -0.3 is 10.6 Å². The number of allylic oxidation sites excluding steroid dienone is 1. The van der Waals surface area contributed by atoms with Crippen LogP contribution >= 0.6 is 0 Å². The van der Waals surface area contributed by atoms with Crippen LogP contribution in [0.15, 0.2) is 24.6 Å². The van der Waals surface area contributed by atoms with Crippen LogP contribution in [-0.2, 0) is 0 Å². The molecule has 0 saturated heterocycles. The van der Waals surface area contributed by atoms with Crippen molar-refractivity contribution in [2.45, 2.75) is 32.4 Å². The maximum atomic E-state index is 3.19. The molecule has 0 aromatic carbocycles. The standard InChI is InChI=1S/C9H16N2/c1-2-3-4-5-6-9-10-7-8-11-9/h4-5,7-11H,2-3,6H2,1H3/b5-4+. The zero-order chi connectivity index (χ0) is 7.94. The van der Waals surface area contributed by atoms with Crippen LogP contribution in [-0.4, -0.2) is 6.17 Å². The summed E-state index contributed by atoms with van der Waals surface area (Å²) in [5.74, 6) is 0. The lowest BCUT2D eigenvalue weighted by atomic mass is 10.2. The van der Waals surface area contributed by atoms with Gasteiger partial charge in [-0.15, -0.1) is 0 Å². The Hall–Kier alpha value is -0.920. The fourth-order valence-electron chi connectivity index (χ4n) is 1.03. The topological polar surface area (TPSA) is 24.1 Å². The number of unbranched alkanes of at least 4 members (excludes halogenated alkanes) is 1. The van der Waals surface area contributed by atoms with E-state index in [1.165, 1.54) is 12.8 Å². The van der Waals surface area contributed by atoms with Crippen LogP contribution < -0.4 is 10.6 Å². The summed E-state index contributed by atoms with van der Waals surface area (Å²) >= 11 is 0. The lowest BCUT2D eigenvalue weighted by Crippen LogP contribution is -2.29. The third kappa shape index (κ3) is 3.12. The van der Waals surface area contributed by atoms with E-state index < -0.39 is 0 Å². The molecule has 11 heavy (non-hydrogen) atoms. The molecule has 0 aromatic rings. The van der Waals surface area contributed by atoms with Gasteiger partial charge in [0, 0.05) is 18.8 Å². The van der Waals surface area contributed by atoms with Crippen LogP contribution in [0.5, 0.6) is 0 Å². The Kier molecular flexibility index (Phi) is 3.59. The normalized spacial score (nSPS) is 17.2. The largest absolute Gasteiger partial charge is 0.370 e. The highest BCUT2D eigenvalue weighted by molar-refractivity contribution is 4.95. The fourth-order valence-corrected chi connectivity index (χ4v) is 1.03. The van der Waals surface area contributed by atoms with E-state index >= 15 is 0 Å². The smallest absolute Gasteiger partial charge is 0.0991 e. The number of rotatable bonds is 4. The molecule has 2 N–H and O–H groups in total. The van der Waals surface area contributed by atoms with E-state index in [1.807, 2.05) is 12.4 Å². The molecule has 0 spiro atoms. The van der Waals surface area contributed by atoms with Gasteiger partial charge in [0.25, 0.3) is 0 Å². The van der Waals surface area contributed by atoms with Crippen molar-refractivity contribution in [3.63, 3.8) is 0 Å². The molecular formula is C9H16N2. The van der Waals surface area contributed by atoms with Gasteiger partial charge in [0.2, 0.25) is 0 Å². The molecule has 62 valence electrons. The van der Waals surface area contributed by atoms with Gasteiger partial charge in [-0.1, -0.05) is 25.5 Å². The quantitative estimate of drug-likeness (QED) is 0.599. The van der Waals surface area contributed by atoms with E-state index in [9.17, 15) is 0 Å². The summed E-state index contributed by atoms with van der Waals surface area (Å²) in [5.41, 5.74) is 0. The van der Waals surface area contributed by atoms with Crippen molar-refractivity contribution in [1.29, 1.82) is 0 Å². The second-order valence-electron chi connectivity index (χ2n) is 2.72. The molecule has 0 radical (unpaired) electrons. The molecule has 0 aromatic heterocycles. The molecular weight excluding hydrogens is 136 g/mol. The van der Waals surface area contributed by atoms with E-state index in [2.05, 4.69) is 29.7 Å². The summed E-state index contributed by atoms with van der Waals surface area (Å²) in [6.45, 7) is 2.19. The van der Waals surface area contributed by atoms with Crippen molar-refractivity contribution in [1.82, 2.24) is 10.6 Å². The molecule has 0 unspecified atom stereocenters. The highest BCUT2D eigenvalue weighted by atomic mass is 15.1. The summed E-state index contributed by atoms with van der Waals surface area (Å²) in [5, 5.41) is 6.38. The van der Waals surface area contributed by atoms with Gasteiger partial charge in [-0.25, -0.2) is 0 Å². The Balaban J connectivity index is 2.02. The lowest BCUT2D eigenvalue weighted by molar-refractivity contribution is 0.577. The summed E-state index contributed by atoms with van der Waals surface area (Å²) in [6, 6.07) is 0. The van der Waals surface area contributed by atoms with Crippen molar-refractivity contribution in [2.75, 3.05) is 0 Å². The Morgan fingerprint density at radius 1 is 1.27 bits per heavy atom. The van der Waals surface area contributed by atoms with E-state index in [0.717, 1.165) is 6.42 Å². The third-order valence-corrected chi connectivity index (χ3v) is 1.67. The third-order valence-electron chi connectivity index (χ3n) is 1.67. The minimum absolute atomic E-state index is 0.420. The summed E-state index contributed by atoms with van der Waals surface area (Å²) in [4.78, 5) is 0. The molecule has 1 aliphatic rings. The second kappa shape index (κ2) is 4.83. The number of nitrogens with one attached hydrogen (secondary N) is 2. The van der Waals surface area contributed by atoms with Crippen LogP contribution in [0.2, 0.25) is 0 Å². The monoisotopic (exact) mass is 152 g/mol. The first-order valence-electron chi connectivity index (χ1n) is 4.25. The molecule has 0 bridgehead atoms. The molecule has 0 atom stereocenters. The number of hydrogen-bond donors (Lipinski definition) is 2. The van der Waals surface area contributed by atoms with E-state index in [-0.39, 0.29) is 0 Å². The van der Waals surface area contributed by atoms with Gasteiger partial charge in [0.15, 0.2) is 0 Å². The summed E-state index contributed by atoms with van der Waals surface area (Å²) in [7, 11) is 0. The maximum absolute atomic E-state index is 3.19. The van der Waals surface area contributed by atoms with Gasteiger partial charge in [-0.2, -0.15) is 0 Å². The van der Waals surface area contributed by atoms with Crippen molar-refractivity contribution >= 4 is 0 Å². The molecule has 0 saturated carbocycles. The van der Waals surface area contributed by atoms with Gasteiger partial charge in [-0.3, -0.25) is 0 Å². The molecule has 2 nitrogen and oxygen atoms in total. The Bertz CT molecular complexity index is 142. The number of hydrogen-bond acceptors (Lipinski definition) is 2. The first kappa shape index (κ1) is 8.18. The van der Waals surface area contributed by atoms with Gasteiger partial charge in [0.05, 0.1) is 6.17 Å². The van der Waals surface area contributed by atoms with Crippen molar-refractivity contribution < 1.29 is 0 Å². The Morgan fingerprint density at radius 2 is 2.00 bits per heavy atom.